The summed E-state index contributed by atoms with van der Waals surface area (Å²) in [6, 6.07) is 1.69. The highest BCUT2D eigenvalue weighted by Gasteiger charge is 2.39. The van der Waals surface area contributed by atoms with Gasteiger partial charge in [-0.1, -0.05) is 5.16 Å². The molecular weight excluding hydrogens is 300 g/mol. The second kappa shape index (κ2) is 6.02. The van der Waals surface area contributed by atoms with Crippen molar-refractivity contribution >= 4 is 23.5 Å². The Kier molecular flexibility index (Phi) is 4.06. The Balaban J connectivity index is 1.61. The second-order valence-electron chi connectivity index (χ2n) is 6.03. The van der Waals surface area contributed by atoms with Crippen LogP contribution in [-0.2, 0) is 14.4 Å². The lowest BCUT2D eigenvalue weighted by molar-refractivity contribution is -0.141. The third-order valence-corrected chi connectivity index (χ3v) is 4.40. The molecule has 2 aliphatic heterocycles. The van der Waals surface area contributed by atoms with E-state index < -0.39 is 0 Å². The summed E-state index contributed by atoms with van der Waals surface area (Å²) < 4.78 is 4.99. The van der Waals surface area contributed by atoms with Gasteiger partial charge < -0.3 is 14.3 Å². The van der Waals surface area contributed by atoms with Gasteiger partial charge in [-0.25, -0.2) is 0 Å². The SMILES string of the molecule is CC(=O)N1CCN(C(=O)C2CC(=O)N(c3cc(C)on3)C2)CC1. The van der Waals surface area contributed by atoms with Crippen molar-refractivity contribution in [3.8, 4) is 0 Å². The summed E-state index contributed by atoms with van der Waals surface area (Å²) in [6.07, 6.45) is 0.192. The quantitative estimate of drug-likeness (QED) is 0.767. The fourth-order valence-corrected chi connectivity index (χ4v) is 3.07. The average Bonchev–Trinajstić information content (AvgIpc) is 3.12. The van der Waals surface area contributed by atoms with Crippen molar-refractivity contribution in [1.29, 1.82) is 0 Å². The van der Waals surface area contributed by atoms with E-state index in [1.54, 1.807) is 22.8 Å². The van der Waals surface area contributed by atoms with E-state index in [4.69, 9.17) is 4.52 Å². The molecule has 2 saturated heterocycles. The Morgan fingerprint density at radius 2 is 1.87 bits per heavy atom. The number of carbonyl (C=O) groups excluding carboxylic acids is 3. The molecule has 3 heterocycles. The van der Waals surface area contributed by atoms with E-state index in [0.717, 1.165) is 0 Å². The molecule has 1 aromatic rings. The number of nitrogens with zero attached hydrogens (tertiary/aromatic N) is 4. The normalized spacial score (nSPS) is 21.9. The van der Waals surface area contributed by atoms with E-state index in [2.05, 4.69) is 5.16 Å². The van der Waals surface area contributed by atoms with Crippen molar-refractivity contribution in [2.75, 3.05) is 37.6 Å². The molecule has 0 N–H and O–H groups in total. The van der Waals surface area contributed by atoms with Crippen molar-refractivity contribution in [3.05, 3.63) is 11.8 Å². The molecule has 23 heavy (non-hydrogen) atoms. The predicted octanol–water partition coefficient (Wildman–Crippen LogP) is 0.0266. The van der Waals surface area contributed by atoms with Crippen LogP contribution in [0.2, 0.25) is 0 Å². The van der Waals surface area contributed by atoms with Gasteiger partial charge in [0.25, 0.3) is 0 Å². The standard InChI is InChI=1S/C15H20N4O4/c1-10-7-13(16-23-10)19-9-12(8-14(19)21)15(22)18-5-3-17(4-6-18)11(2)20/h7,12H,3-6,8-9H2,1-2H3. The van der Waals surface area contributed by atoms with Crippen LogP contribution >= 0.6 is 0 Å². The Morgan fingerprint density at radius 3 is 2.43 bits per heavy atom. The summed E-state index contributed by atoms with van der Waals surface area (Å²) in [5, 5.41) is 3.84. The number of aryl methyl sites for hydroxylation is 1. The molecule has 2 fully saturated rings. The molecule has 8 heteroatoms. The Morgan fingerprint density at radius 1 is 1.22 bits per heavy atom. The zero-order valence-corrected chi connectivity index (χ0v) is 13.3. The summed E-state index contributed by atoms with van der Waals surface area (Å²) in [4.78, 5) is 41.1. The van der Waals surface area contributed by atoms with Gasteiger partial charge >= 0.3 is 0 Å². The van der Waals surface area contributed by atoms with Gasteiger partial charge in [0.2, 0.25) is 17.7 Å². The number of rotatable bonds is 2. The molecule has 0 bridgehead atoms. The molecule has 0 aromatic carbocycles. The van der Waals surface area contributed by atoms with E-state index in [-0.39, 0.29) is 30.1 Å². The molecular formula is C15H20N4O4. The van der Waals surface area contributed by atoms with Crippen LogP contribution in [0, 0.1) is 12.8 Å². The monoisotopic (exact) mass is 320 g/mol. The average molecular weight is 320 g/mol. The van der Waals surface area contributed by atoms with Gasteiger partial charge in [0.15, 0.2) is 5.82 Å². The summed E-state index contributed by atoms with van der Waals surface area (Å²) in [6.45, 7) is 5.76. The van der Waals surface area contributed by atoms with Gasteiger partial charge in [-0.15, -0.1) is 0 Å². The van der Waals surface area contributed by atoms with Gasteiger partial charge in [-0.2, -0.15) is 0 Å². The zero-order valence-electron chi connectivity index (χ0n) is 13.3. The minimum atomic E-state index is -0.358. The van der Waals surface area contributed by atoms with Gasteiger partial charge in [0, 0.05) is 52.1 Å². The van der Waals surface area contributed by atoms with Gasteiger partial charge in [0.05, 0.1) is 5.92 Å². The molecule has 3 rings (SSSR count). The topological polar surface area (TPSA) is 87.0 Å². The van der Waals surface area contributed by atoms with E-state index in [0.29, 0.717) is 44.3 Å². The van der Waals surface area contributed by atoms with Gasteiger partial charge in [0.1, 0.15) is 5.76 Å². The lowest BCUT2D eigenvalue weighted by Crippen LogP contribution is -2.51. The number of piperazine rings is 1. The molecule has 1 aromatic heterocycles. The zero-order chi connectivity index (χ0) is 16.6. The first kappa shape index (κ1) is 15.5. The van der Waals surface area contributed by atoms with E-state index in [1.807, 2.05) is 0 Å². The Hall–Kier alpha value is -2.38. The second-order valence-corrected chi connectivity index (χ2v) is 6.03. The first-order valence-electron chi connectivity index (χ1n) is 7.73. The van der Waals surface area contributed by atoms with Gasteiger partial charge in [-0.05, 0) is 6.92 Å². The first-order valence-corrected chi connectivity index (χ1v) is 7.73. The number of aromatic nitrogens is 1. The van der Waals surface area contributed by atoms with Crippen molar-refractivity contribution in [3.63, 3.8) is 0 Å². The van der Waals surface area contributed by atoms with Crippen LogP contribution in [0.3, 0.4) is 0 Å². The maximum absolute atomic E-state index is 12.6. The molecule has 0 radical (unpaired) electrons. The maximum atomic E-state index is 12.6. The summed E-state index contributed by atoms with van der Waals surface area (Å²) in [5.41, 5.74) is 0. The lowest BCUT2D eigenvalue weighted by Gasteiger charge is -2.35. The van der Waals surface area contributed by atoms with E-state index >= 15 is 0 Å². The molecule has 1 unspecified atom stereocenters. The Labute approximate surface area is 134 Å². The number of carbonyl (C=O) groups is 3. The van der Waals surface area contributed by atoms with Crippen LogP contribution in [0.25, 0.3) is 0 Å². The van der Waals surface area contributed by atoms with Crippen LogP contribution in [0.5, 0.6) is 0 Å². The molecule has 2 aliphatic rings. The number of hydrogen-bond donors (Lipinski definition) is 0. The van der Waals surface area contributed by atoms with Crippen LogP contribution in [0.1, 0.15) is 19.1 Å². The van der Waals surface area contributed by atoms with Gasteiger partial charge in [-0.3, -0.25) is 19.3 Å². The maximum Gasteiger partial charge on any atom is 0.229 e. The minimum absolute atomic E-state index is 0.0238. The summed E-state index contributed by atoms with van der Waals surface area (Å²) in [7, 11) is 0. The molecule has 0 saturated carbocycles. The van der Waals surface area contributed by atoms with Crippen LogP contribution in [-0.4, -0.2) is 65.4 Å². The van der Waals surface area contributed by atoms with Crippen molar-refractivity contribution in [2.45, 2.75) is 20.3 Å². The smallest absolute Gasteiger partial charge is 0.229 e. The number of amides is 3. The lowest BCUT2D eigenvalue weighted by atomic mass is 10.1. The van der Waals surface area contributed by atoms with Crippen LogP contribution in [0.4, 0.5) is 5.82 Å². The molecule has 8 nitrogen and oxygen atoms in total. The fourth-order valence-electron chi connectivity index (χ4n) is 3.07. The predicted molar refractivity (Wildman–Crippen MR) is 80.5 cm³/mol. The van der Waals surface area contributed by atoms with E-state index in [9.17, 15) is 14.4 Å². The largest absolute Gasteiger partial charge is 0.360 e. The highest BCUT2D eigenvalue weighted by Crippen LogP contribution is 2.26. The summed E-state index contributed by atoms with van der Waals surface area (Å²) in [5.74, 6) is 0.625. The Bertz CT molecular complexity index is 633. The molecule has 0 spiro atoms. The first-order chi connectivity index (χ1) is 11.0. The molecule has 0 aliphatic carbocycles. The third-order valence-electron chi connectivity index (χ3n) is 4.40. The van der Waals surface area contributed by atoms with Crippen molar-refractivity contribution in [2.24, 2.45) is 5.92 Å². The van der Waals surface area contributed by atoms with Crippen LogP contribution in [0.15, 0.2) is 10.6 Å². The minimum Gasteiger partial charge on any atom is -0.360 e. The fraction of sp³-hybridized carbons (Fsp3) is 0.600. The summed E-state index contributed by atoms with van der Waals surface area (Å²) >= 11 is 0. The number of anilines is 1. The molecule has 1 atom stereocenters. The number of hydrogen-bond acceptors (Lipinski definition) is 5. The van der Waals surface area contributed by atoms with Crippen LogP contribution < -0.4 is 4.90 Å². The highest BCUT2D eigenvalue weighted by atomic mass is 16.5. The third kappa shape index (κ3) is 3.06. The highest BCUT2D eigenvalue weighted by molar-refractivity contribution is 5.99. The van der Waals surface area contributed by atoms with Crippen molar-refractivity contribution < 1.29 is 18.9 Å². The van der Waals surface area contributed by atoms with E-state index in [1.165, 1.54) is 11.8 Å². The van der Waals surface area contributed by atoms with Crippen molar-refractivity contribution in [1.82, 2.24) is 15.0 Å². The molecule has 124 valence electrons. The molecule has 3 amide bonds.